The Hall–Kier alpha value is -3.61. The fourth-order valence-corrected chi connectivity index (χ4v) is 5.38. The number of amides is 3. The largest absolute Gasteiger partial charge is 0.454 e. The summed E-state index contributed by atoms with van der Waals surface area (Å²) in [5, 5.41) is 5.41. The zero-order valence-corrected chi connectivity index (χ0v) is 21.9. The molecular formula is C26H28F3N3O6S. The summed E-state index contributed by atoms with van der Waals surface area (Å²) in [4.78, 5) is 39.6. The van der Waals surface area contributed by atoms with E-state index >= 15 is 0 Å². The Morgan fingerprint density at radius 2 is 1.77 bits per heavy atom. The van der Waals surface area contributed by atoms with Gasteiger partial charge < -0.3 is 20.1 Å². The molecule has 1 fully saturated rings. The van der Waals surface area contributed by atoms with Gasteiger partial charge in [0.2, 0.25) is 24.5 Å². The van der Waals surface area contributed by atoms with Gasteiger partial charge in [0.1, 0.15) is 17.5 Å². The molecule has 9 nitrogen and oxygen atoms in total. The molecule has 0 aromatic heterocycles. The van der Waals surface area contributed by atoms with Crippen LogP contribution in [0.1, 0.15) is 38.2 Å². The van der Waals surface area contributed by atoms with Crippen molar-refractivity contribution in [2.45, 2.75) is 50.9 Å². The zero-order chi connectivity index (χ0) is 28.2. The second kappa shape index (κ2) is 12.1. The van der Waals surface area contributed by atoms with Crippen LogP contribution in [0.4, 0.5) is 24.5 Å². The van der Waals surface area contributed by atoms with Crippen molar-refractivity contribution in [1.29, 1.82) is 0 Å². The standard InChI is InChI=1S/C26H28F3N3O6S/c1-16(25(35)31-18-6-2-3-7-18)32(20-8-4-5-17(11-20)26(27,28)29)24(34)14-39(36)13-23(33)30-19-9-10-21-22(12-19)38-15-37-21/h4-5,8-12,16,18H,2-3,6-7,13-15H2,1H3,(H,30,33)(H,31,35)/t16-,39+/m0/s1. The van der Waals surface area contributed by atoms with Crippen LogP contribution in [0.5, 0.6) is 11.5 Å². The molecule has 1 aliphatic carbocycles. The number of halogens is 3. The van der Waals surface area contributed by atoms with Gasteiger partial charge in [0.15, 0.2) is 11.5 Å². The number of hydrogen-bond acceptors (Lipinski definition) is 6. The van der Waals surface area contributed by atoms with Crippen molar-refractivity contribution in [2.24, 2.45) is 0 Å². The van der Waals surface area contributed by atoms with Gasteiger partial charge in [0, 0.05) is 34.3 Å². The number of nitrogens with one attached hydrogen (secondary N) is 2. The van der Waals surface area contributed by atoms with Gasteiger partial charge in [0.25, 0.3) is 0 Å². The molecule has 1 aliphatic heterocycles. The molecule has 2 aliphatic rings. The Morgan fingerprint density at radius 1 is 1.05 bits per heavy atom. The third-order valence-corrected chi connectivity index (χ3v) is 7.57. The molecule has 0 spiro atoms. The smallest absolute Gasteiger partial charge is 0.416 e. The van der Waals surface area contributed by atoms with E-state index in [0.717, 1.165) is 48.8 Å². The molecule has 0 unspecified atom stereocenters. The quantitative estimate of drug-likeness (QED) is 0.479. The first-order chi connectivity index (χ1) is 18.5. The number of alkyl halides is 3. The van der Waals surface area contributed by atoms with Crippen LogP contribution >= 0.6 is 0 Å². The summed E-state index contributed by atoms with van der Waals surface area (Å²) in [7, 11) is -2.02. The van der Waals surface area contributed by atoms with Crippen molar-refractivity contribution >= 4 is 39.9 Å². The molecule has 39 heavy (non-hydrogen) atoms. The summed E-state index contributed by atoms with van der Waals surface area (Å²) in [6.45, 7) is 1.45. The number of anilines is 2. The van der Waals surface area contributed by atoms with Crippen molar-refractivity contribution in [3.63, 3.8) is 0 Å². The monoisotopic (exact) mass is 567 g/mol. The zero-order valence-electron chi connectivity index (χ0n) is 21.1. The number of ether oxygens (including phenoxy) is 2. The van der Waals surface area contributed by atoms with Crippen LogP contribution in [-0.2, 0) is 31.4 Å². The van der Waals surface area contributed by atoms with E-state index in [1.165, 1.54) is 19.1 Å². The average molecular weight is 568 g/mol. The molecule has 2 aromatic rings. The molecule has 0 saturated heterocycles. The normalized spacial score (nSPS) is 16.4. The van der Waals surface area contributed by atoms with Gasteiger partial charge in [0.05, 0.1) is 5.56 Å². The first-order valence-electron chi connectivity index (χ1n) is 12.4. The number of hydrogen-bond donors (Lipinski definition) is 2. The van der Waals surface area contributed by atoms with E-state index in [0.29, 0.717) is 17.2 Å². The first kappa shape index (κ1) is 28.4. The average Bonchev–Trinajstić information content (AvgIpc) is 3.55. The molecule has 1 heterocycles. The van der Waals surface area contributed by atoms with Gasteiger partial charge in [-0.1, -0.05) is 18.9 Å². The minimum absolute atomic E-state index is 0.0539. The number of rotatable bonds is 9. The van der Waals surface area contributed by atoms with E-state index < -0.39 is 57.8 Å². The summed E-state index contributed by atoms with van der Waals surface area (Å²) in [5.41, 5.74) is -0.786. The van der Waals surface area contributed by atoms with Gasteiger partial charge in [-0.15, -0.1) is 0 Å². The highest BCUT2D eigenvalue weighted by Gasteiger charge is 2.34. The SMILES string of the molecule is C[C@@H](C(=O)NC1CCCC1)N(C(=O)C[S@](=O)CC(=O)Nc1ccc2c(c1)OCO2)c1cccc(C(F)(F)F)c1. The Bertz CT molecular complexity index is 1270. The summed E-state index contributed by atoms with van der Waals surface area (Å²) < 4.78 is 63.3. The molecule has 4 rings (SSSR count). The lowest BCUT2D eigenvalue weighted by Crippen LogP contribution is -2.51. The van der Waals surface area contributed by atoms with E-state index in [2.05, 4.69) is 10.6 Å². The predicted molar refractivity (Wildman–Crippen MR) is 138 cm³/mol. The van der Waals surface area contributed by atoms with E-state index in [1.807, 2.05) is 0 Å². The summed E-state index contributed by atoms with van der Waals surface area (Å²) in [5.74, 6) is -2.28. The van der Waals surface area contributed by atoms with Crippen molar-refractivity contribution in [3.05, 3.63) is 48.0 Å². The van der Waals surface area contributed by atoms with Gasteiger partial charge in [-0.25, -0.2) is 0 Å². The predicted octanol–water partition coefficient (Wildman–Crippen LogP) is 3.60. The Balaban J connectivity index is 1.46. The summed E-state index contributed by atoms with van der Waals surface area (Å²) in [6.07, 6.45) is -1.22. The second-order valence-electron chi connectivity index (χ2n) is 9.32. The maximum absolute atomic E-state index is 13.4. The Morgan fingerprint density at radius 3 is 2.49 bits per heavy atom. The molecule has 0 bridgehead atoms. The van der Waals surface area contributed by atoms with Crippen molar-refractivity contribution in [2.75, 3.05) is 28.5 Å². The van der Waals surface area contributed by atoms with Gasteiger partial charge in [-0.3, -0.25) is 23.5 Å². The van der Waals surface area contributed by atoms with Crippen LogP contribution < -0.4 is 25.0 Å². The topological polar surface area (TPSA) is 114 Å². The van der Waals surface area contributed by atoms with Crippen LogP contribution in [0, 0.1) is 0 Å². The number of benzene rings is 2. The summed E-state index contributed by atoms with van der Waals surface area (Å²) >= 11 is 0. The molecule has 2 aromatic carbocycles. The molecule has 13 heteroatoms. The van der Waals surface area contributed by atoms with E-state index in [4.69, 9.17) is 9.47 Å². The Labute approximate surface area is 225 Å². The molecule has 210 valence electrons. The number of carbonyl (C=O) groups is 3. The van der Waals surface area contributed by atoms with Gasteiger partial charge >= 0.3 is 6.18 Å². The first-order valence-corrected chi connectivity index (χ1v) is 13.8. The van der Waals surface area contributed by atoms with Crippen LogP contribution in [-0.4, -0.2) is 52.3 Å². The highest BCUT2D eigenvalue weighted by Crippen LogP contribution is 2.34. The molecule has 2 atom stereocenters. The number of nitrogens with zero attached hydrogens (tertiary/aromatic N) is 1. The maximum Gasteiger partial charge on any atom is 0.416 e. The molecule has 1 saturated carbocycles. The third-order valence-electron chi connectivity index (χ3n) is 6.42. The lowest BCUT2D eigenvalue weighted by atomic mass is 10.1. The van der Waals surface area contributed by atoms with Crippen LogP contribution in [0.3, 0.4) is 0 Å². The highest BCUT2D eigenvalue weighted by molar-refractivity contribution is 7.86. The van der Waals surface area contributed by atoms with E-state index in [1.54, 1.807) is 12.1 Å². The lowest BCUT2D eigenvalue weighted by molar-refractivity contribution is -0.137. The van der Waals surface area contributed by atoms with Crippen molar-refractivity contribution in [3.8, 4) is 11.5 Å². The third kappa shape index (κ3) is 7.28. The van der Waals surface area contributed by atoms with Gasteiger partial charge in [-0.05, 0) is 50.1 Å². The van der Waals surface area contributed by atoms with Crippen LogP contribution in [0.25, 0.3) is 0 Å². The molecule has 3 amide bonds. The van der Waals surface area contributed by atoms with Crippen LogP contribution in [0.15, 0.2) is 42.5 Å². The highest BCUT2D eigenvalue weighted by atomic mass is 32.2. The minimum Gasteiger partial charge on any atom is -0.454 e. The summed E-state index contributed by atoms with van der Waals surface area (Å²) in [6, 6.07) is 7.49. The van der Waals surface area contributed by atoms with E-state index in [9.17, 15) is 31.8 Å². The lowest BCUT2D eigenvalue weighted by Gasteiger charge is -2.30. The Kier molecular flexibility index (Phi) is 8.78. The fraction of sp³-hybridized carbons (Fsp3) is 0.423. The second-order valence-corrected chi connectivity index (χ2v) is 10.8. The van der Waals surface area contributed by atoms with Crippen molar-refractivity contribution < 1.29 is 41.2 Å². The molecular weight excluding hydrogens is 539 g/mol. The van der Waals surface area contributed by atoms with E-state index in [-0.39, 0.29) is 18.5 Å². The van der Waals surface area contributed by atoms with Crippen molar-refractivity contribution in [1.82, 2.24) is 5.32 Å². The minimum atomic E-state index is -4.67. The number of carbonyl (C=O) groups excluding carboxylic acids is 3. The molecule has 0 radical (unpaired) electrons. The van der Waals surface area contributed by atoms with Crippen LogP contribution in [0.2, 0.25) is 0 Å². The molecule has 2 N–H and O–H groups in total. The van der Waals surface area contributed by atoms with Gasteiger partial charge in [-0.2, -0.15) is 13.2 Å². The fourth-order valence-electron chi connectivity index (χ4n) is 4.50. The number of fused-ring (bicyclic) bond motifs is 1. The maximum atomic E-state index is 13.4.